The Morgan fingerprint density at radius 3 is 2.93 bits per heavy atom. The van der Waals surface area contributed by atoms with Crippen LogP contribution < -0.4 is 0 Å². The number of rotatable bonds is 6. The highest BCUT2D eigenvalue weighted by Crippen LogP contribution is 2.33. The second kappa shape index (κ2) is 8.03. The van der Waals surface area contributed by atoms with Crippen LogP contribution in [0.5, 0.6) is 0 Å². The molecular weight excluding hydrogens is 341 g/mol. The standard InChI is InChI=1S/C22H24FN3O/c1-27-12-11-26-10-9-24-22(26)21-16-25(14-17-5-4-7-19(23)13-17)15-18-6-2-3-8-20(18)21/h2-10,13,21H,11-12,14-16H2,1H3/t21-/m1/s1. The number of methoxy groups -OCH3 is 1. The van der Waals surface area contributed by atoms with Crippen molar-refractivity contribution in [1.29, 1.82) is 0 Å². The zero-order valence-electron chi connectivity index (χ0n) is 15.5. The minimum Gasteiger partial charge on any atom is -0.383 e. The number of fused-ring (bicyclic) bond motifs is 1. The zero-order valence-corrected chi connectivity index (χ0v) is 15.5. The van der Waals surface area contributed by atoms with Crippen LogP contribution in [-0.2, 0) is 24.4 Å². The van der Waals surface area contributed by atoms with Crippen LogP contribution in [0.1, 0.15) is 28.4 Å². The Kier molecular flexibility index (Phi) is 5.32. The molecule has 1 aliphatic heterocycles. The molecule has 2 heterocycles. The van der Waals surface area contributed by atoms with Crippen LogP contribution in [-0.4, -0.2) is 34.7 Å². The first kappa shape index (κ1) is 17.9. The van der Waals surface area contributed by atoms with Crippen LogP contribution >= 0.6 is 0 Å². The summed E-state index contributed by atoms with van der Waals surface area (Å²) in [6.45, 7) is 3.89. The third-order valence-electron chi connectivity index (χ3n) is 5.16. The van der Waals surface area contributed by atoms with E-state index < -0.39 is 0 Å². The monoisotopic (exact) mass is 365 g/mol. The van der Waals surface area contributed by atoms with E-state index >= 15 is 0 Å². The second-order valence-corrected chi connectivity index (χ2v) is 7.02. The van der Waals surface area contributed by atoms with Crippen molar-refractivity contribution < 1.29 is 9.13 Å². The first-order valence-corrected chi connectivity index (χ1v) is 9.29. The molecular formula is C22H24FN3O. The lowest BCUT2D eigenvalue weighted by Gasteiger charge is -2.34. The molecule has 0 spiro atoms. The van der Waals surface area contributed by atoms with Gasteiger partial charge in [0.15, 0.2) is 0 Å². The molecule has 1 aliphatic rings. The predicted octanol–water partition coefficient (Wildman–Crippen LogP) is 3.82. The zero-order chi connectivity index (χ0) is 18.6. The molecule has 3 aromatic rings. The molecule has 140 valence electrons. The highest BCUT2D eigenvalue weighted by molar-refractivity contribution is 5.37. The Balaban J connectivity index is 1.63. The van der Waals surface area contributed by atoms with Crippen LogP contribution in [0.25, 0.3) is 0 Å². The maximum absolute atomic E-state index is 13.6. The lowest BCUT2D eigenvalue weighted by Crippen LogP contribution is -2.35. The molecule has 4 rings (SSSR count). The van der Waals surface area contributed by atoms with Gasteiger partial charge in [0.25, 0.3) is 0 Å². The Hall–Kier alpha value is -2.50. The number of nitrogens with zero attached hydrogens (tertiary/aromatic N) is 3. The maximum atomic E-state index is 13.6. The summed E-state index contributed by atoms with van der Waals surface area (Å²) in [5, 5.41) is 0. The summed E-state index contributed by atoms with van der Waals surface area (Å²) in [6.07, 6.45) is 3.88. The van der Waals surface area contributed by atoms with Gasteiger partial charge in [0.05, 0.1) is 12.5 Å². The van der Waals surface area contributed by atoms with Gasteiger partial charge < -0.3 is 9.30 Å². The summed E-state index contributed by atoms with van der Waals surface area (Å²) >= 11 is 0. The Morgan fingerprint density at radius 2 is 2.07 bits per heavy atom. The Bertz CT molecular complexity index is 908. The van der Waals surface area contributed by atoms with Crippen molar-refractivity contribution in [2.45, 2.75) is 25.6 Å². The van der Waals surface area contributed by atoms with Crippen LogP contribution in [0.15, 0.2) is 60.9 Å². The van der Waals surface area contributed by atoms with Crippen molar-refractivity contribution in [2.24, 2.45) is 0 Å². The molecule has 0 N–H and O–H groups in total. The van der Waals surface area contributed by atoms with Gasteiger partial charge in [-0.1, -0.05) is 36.4 Å². The number of hydrogen-bond acceptors (Lipinski definition) is 3. The summed E-state index contributed by atoms with van der Waals surface area (Å²) in [6, 6.07) is 15.4. The van der Waals surface area contributed by atoms with Gasteiger partial charge in [-0.25, -0.2) is 9.37 Å². The molecule has 1 atom stereocenters. The SMILES string of the molecule is COCCn1ccnc1[C@@H]1CN(Cc2cccc(F)c2)Cc2ccccc21. The van der Waals surface area contributed by atoms with Gasteiger partial charge in [-0.2, -0.15) is 0 Å². The first-order valence-electron chi connectivity index (χ1n) is 9.29. The van der Waals surface area contributed by atoms with Crippen LogP contribution in [0.4, 0.5) is 4.39 Å². The van der Waals surface area contributed by atoms with E-state index in [1.807, 2.05) is 18.5 Å². The molecule has 0 radical (unpaired) electrons. The molecule has 27 heavy (non-hydrogen) atoms. The molecule has 0 fully saturated rings. The van der Waals surface area contributed by atoms with E-state index in [2.05, 4.69) is 38.7 Å². The van der Waals surface area contributed by atoms with E-state index in [0.29, 0.717) is 6.61 Å². The van der Waals surface area contributed by atoms with Crippen molar-refractivity contribution in [3.05, 3.63) is 89.3 Å². The quantitative estimate of drug-likeness (QED) is 0.665. The maximum Gasteiger partial charge on any atom is 0.123 e. The number of ether oxygens (including phenoxy) is 1. The van der Waals surface area contributed by atoms with Crippen molar-refractivity contribution >= 4 is 0 Å². The molecule has 5 heteroatoms. The fourth-order valence-corrected chi connectivity index (χ4v) is 3.92. The summed E-state index contributed by atoms with van der Waals surface area (Å²) in [4.78, 5) is 7.04. The van der Waals surface area contributed by atoms with E-state index in [0.717, 1.165) is 37.6 Å². The van der Waals surface area contributed by atoms with E-state index in [-0.39, 0.29) is 11.7 Å². The van der Waals surface area contributed by atoms with Gasteiger partial charge in [0, 0.05) is 45.7 Å². The third-order valence-corrected chi connectivity index (χ3v) is 5.16. The second-order valence-electron chi connectivity index (χ2n) is 7.02. The van der Waals surface area contributed by atoms with E-state index in [1.165, 1.54) is 17.2 Å². The number of halogens is 1. The highest BCUT2D eigenvalue weighted by Gasteiger charge is 2.29. The van der Waals surface area contributed by atoms with E-state index in [4.69, 9.17) is 4.74 Å². The summed E-state index contributed by atoms with van der Waals surface area (Å²) in [5.74, 6) is 1.07. The average Bonchev–Trinajstić information content (AvgIpc) is 3.14. The van der Waals surface area contributed by atoms with Crippen LogP contribution in [0, 0.1) is 5.82 Å². The minimum absolute atomic E-state index is 0.184. The van der Waals surface area contributed by atoms with Gasteiger partial charge in [0.2, 0.25) is 0 Å². The van der Waals surface area contributed by atoms with E-state index in [1.54, 1.807) is 19.2 Å². The summed E-state index contributed by atoms with van der Waals surface area (Å²) < 4.78 is 21.0. The Labute approximate surface area is 159 Å². The molecule has 0 amide bonds. The smallest absolute Gasteiger partial charge is 0.123 e. The lowest BCUT2D eigenvalue weighted by atomic mass is 9.88. The van der Waals surface area contributed by atoms with Crippen molar-refractivity contribution in [1.82, 2.24) is 14.5 Å². The van der Waals surface area contributed by atoms with Gasteiger partial charge in [0.1, 0.15) is 11.6 Å². The van der Waals surface area contributed by atoms with E-state index in [9.17, 15) is 4.39 Å². The van der Waals surface area contributed by atoms with Gasteiger partial charge >= 0.3 is 0 Å². The largest absolute Gasteiger partial charge is 0.383 e. The van der Waals surface area contributed by atoms with Crippen LogP contribution in [0.3, 0.4) is 0 Å². The highest BCUT2D eigenvalue weighted by atomic mass is 19.1. The first-order chi connectivity index (χ1) is 13.2. The lowest BCUT2D eigenvalue weighted by molar-refractivity contribution is 0.184. The topological polar surface area (TPSA) is 30.3 Å². The third kappa shape index (κ3) is 3.94. The molecule has 0 aliphatic carbocycles. The fraction of sp³-hybridized carbons (Fsp3) is 0.318. The van der Waals surface area contributed by atoms with Crippen LogP contribution in [0.2, 0.25) is 0 Å². The molecule has 0 saturated heterocycles. The predicted molar refractivity (Wildman–Crippen MR) is 103 cm³/mol. The number of benzene rings is 2. The van der Waals surface area contributed by atoms with Gasteiger partial charge in [-0.3, -0.25) is 4.90 Å². The molecule has 0 bridgehead atoms. The number of aromatic nitrogens is 2. The normalized spacial score (nSPS) is 17.0. The van der Waals surface area contributed by atoms with Crippen molar-refractivity contribution in [2.75, 3.05) is 20.3 Å². The summed E-state index contributed by atoms with van der Waals surface area (Å²) in [7, 11) is 1.72. The van der Waals surface area contributed by atoms with Crippen molar-refractivity contribution in [3.8, 4) is 0 Å². The molecule has 0 saturated carbocycles. The fourth-order valence-electron chi connectivity index (χ4n) is 3.92. The summed E-state index contributed by atoms with van der Waals surface area (Å²) in [5.41, 5.74) is 3.64. The molecule has 1 aromatic heterocycles. The number of hydrogen-bond donors (Lipinski definition) is 0. The van der Waals surface area contributed by atoms with Gasteiger partial charge in [-0.05, 0) is 28.8 Å². The number of imidazole rings is 1. The van der Waals surface area contributed by atoms with Gasteiger partial charge in [-0.15, -0.1) is 0 Å². The Morgan fingerprint density at radius 1 is 1.19 bits per heavy atom. The average molecular weight is 365 g/mol. The minimum atomic E-state index is -0.184. The molecule has 2 aromatic carbocycles. The van der Waals surface area contributed by atoms with Crippen molar-refractivity contribution in [3.63, 3.8) is 0 Å². The molecule has 0 unspecified atom stereocenters. The molecule has 4 nitrogen and oxygen atoms in total.